The zero-order chi connectivity index (χ0) is 20.9. The Morgan fingerprint density at radius 1 is 0.897 bits per heavy atom. The van der Waals surface area contributed by atoms with E-state index >= 15 is 0 Å². The van der Waals surface area contributed by atoms with Gasteiger partial charge in [-0.25, -0.2) is 8.42 Å². The van der Waals surface area contributed by atoms with E-state index in [2.05, 4.69) is 34.2 Å². The van der Waals surface area contributed by atoms with Gasteiger partial charge >= 0.3 is 0 Å². The zero-order valence-corrected chi connectivity index (χ0v) is 17.9. The molecule has 1 N–H and O–H groups in total. The lowest BCUT2D eigenvalue weighted by atomic mass is 10.1. The van der Waals surface area contributed by atoms with Gasteiger partial charge in [-0.05, 0) is 41.9 Å². The minimum Gasteiger partial charge on any atom is -0.348 e. The van der Waals surface area contributed by atoms with Crippen molar-refractivity contribution >= 4 is 15.7 Å². The van der Waals surface area contributed by atoms with E-state index in [9.17, 15) is 13.2 Å². The maximum Gasteiger partial charge on any atom is 0.251 e. The highest BCUT2D eigenvalue weighted by atomic mass is 32.2. The molecule has 7 heteroatoms. The molecule has 3 rings (SSSR count). The van der Waals surface area contributed by atoms with Crippen molar-refractivity contribution < 1.29 is 13.2 Å². The Hall–Kier alpha value is -2.22. The number of piperazine rings is 1. The number of benzene rings is 2. The molecule has 0 saturated carbocycles. The van der Waals surface area contributed by atoms with Crippen molar-refractivity contribution in [2.24, 2.45) is 0 Å². The van der Waals surface area contributed by atoms with Crippen LogP contribution in [0.15, 0.2) is 53.4 Å². The SMILES string of the molecule is CCN1CCN(Cc2ccc(CNC(=O)c3ccc(S(C)(=O)=O)cc3)cc2)CC1. The summed E-state index contributed by atoms with van der Waals surface area (Å²) in [6.45, 7) is 9.18. The Morgan fingerprint density at radius 2 is 1.45 bits per heavy atom. The number of nitrogens with zero attached hydrogens (tertiary/aromatic N) is 2. The molecule has 1 aliphatic rings. The highest BCUT2D eigenvalue weighted by Crippen LogP contribution is 2.12. The van der Waals surface area contributed by atoms with Gasteiger partial charge in [0, 0.05) is 51.1 Å². The van der Waals surface area contributed by atoms with Crippen LogP contribution in [0, 0.1) is 0 Å². The predicted molar refractivity (Wildman–Crippen MR) is 115 cm³/mol. The van der Waals surface area contributed by atoms with Crippen LogP contribution in [0.4, 0.5) is 0 Å². The normalized spacial score (nSPS) is 15.9. The second kappa shape index (κ2) is 9.52. The number of nitrogens with one attached hydrogen (secondary N) is 1. The molecular formula is C22H29N3O3S. The van der Waals surface area contributed by atoms with Crippen molar-refractivity contribution in [2.75, 3.05) is 39.0 Å². The molecule has 2 aromatic rings. The number of carbonyl (C=O) groups is 1. The Labute approximate surface area is 173 Å². The van der Waals surface area contributed by atoms with Crippen LogP contribution in [-0.2, 0) is 22.9 Å². The van der Waals surface area contributed by atoms with E-state index in [4.69, 9.17) is 0 Å². The third-order valence-electron chi connectivity index (χ3n) is 5.34. The molecule has 0 aromatic heterocycles. The van der Waals surface area contributed by atoms with Gasteiger partial charge in [-0.2, -0.15) is 0 Å². The molecule has 1 aliphatic heterocycles. The van der Waals surface area contributed by atoms with Crippen LogP contribution < -0.4 is 5.32 Å². The molecule has 0 bridgehead atoms. The molecule has 156 valence electrons. The van der Waals surface area contributed by atoms with Gasteiger partial charge in [0.2, 0.25) is 0 Å². The molecule has 0 radical (unpaired) electrons. The number of hydrogen-bond acceptors (Lipinski definition) is 5. The third-order valence-corrected chi connectivity index (χ3v) is 6.47. The molecule has 0 atom stereocenters. The van der Waals surface area contributed by atoms with Crippen LogP contribution in [0.25, 0.3) is 0 Å². The Bertz CT molecular complexity index is 917. The quantitative estimate of drug-likeness (QED) is 0.751. The molecule has 0 spiro atoms. The second-order valence-electron chi connectivity index (χ2n) is 7.51. The van der Waals surface area contributed by atoms with Crippen molar-refractivity contribution in [2.45, 2.75) is 24.9 Å². The van der Waals surface area contributed by atoms with Gasteiger partial charge < -0.3 is 10.2 Å². The predicted octanol–water partition coefficient (Wildman–Crippen LogP) is 2.16. The number of carbonyl (C=O) groups excluding carboxylic acids is 1. The summed E-state index contributed by atoms with van der Waals surface area (Å²) in [7, 11) is -3.26. The van der Waals surface area contributed by atoms with Gasteiger partial charge in [0.25, 0.3) is 5.91 Å². The first-order chi connectivity index (χ1) is 13.8. The first kappa shape index (κ1) is 21.5. The van der Waals surface area contributed by atoms with Crippen LogP contribution >= 0.6 is 0 Å². The fourth-order valence-electron chi connectivity index (χ4n) is 3.42. The average molecular weight is 416 g/mol. The minimum atomic E-state index is -3.26. The van der Waals surface area contributed by atoms with E-state index in [0.717, 1.165) is 51.1 Å². The van der Waals surface area contributed by atoms with Crippen molar-refractivity contribution in [1.82, 2.24) is 15.1 Å². The van der Waals surface area contributed by atoms with E-state index in [0.29, 0.717) is 12.1 Å². The summed E-state index contributed by atoms with van der Waals surface area (Å²) in [6, 6.07) is 14.3. The molecule has 1 heterocycles. The number of rotatable bonds is 7. The molecule has 6 nitrogen and oxygen atoms in total. The highest BCUT2D eigenvalue weighted by molar-refractivity contribution is 7.90. The maximum atomic E-state index is 12.3. The molecule has 1 saturated heterocycles. The summed E-state index contributed by atoms with van der Waals surface area (Å²) in [5.74, 6) is -0.220. The van der Waals surface area contributed by atoms with Gasteiger partial charge in [-0.3, -0.25) is 9.69 Å². The molecule has 1 fully saturated rings. The Balaban J connectivity index is 1.49. The summed E-state index contributed by atoms with van der Waals surface area (Å²) in [4.78, 5) is 17.4. The lowest BCUT2D eigenvalue weighted by molar-refractivity contribution is 0.0951. The maximum absolute atomic E-state index is 12.3. The Kier molecular flexibility index (Phi) is 7.05. The van der Waals surface area contributed by atoms with E-state index < -0.39 is 9.84 Å². The van der Waals surface area contributed by atoms with Gasteiger partial charge in [-0.1, -0.05) is 31.2 Å². The second-order valence-corrected chi connectivity index (χ2v) is 9.52. The fourth-order valence-corrected chi connectivity index (χ4v) is 4.05. The van der Waals surface area contributed by atoms with Gasteiger partial charge in [0.05, 0.1) is 4.90 Å². The summed E-state index contributed by atoms with van der Waals surface area (Å²) in [5.41, 5.74) is 2.76. The number of likely N-dealkylation sites (N-methyl/N-ethyl adjacent to an activating group) is 1. The van der Waals surface area contributed by atoms with Crippen molar-refractivity contribution in [3.05, 3.63) is 65.2 Å². The molecule has 29 heavy (non-hydrogen) atoms. The smallest absolute Gasteiger partial charge is 0.251 e. The molecule has 0 unspecified atom stereocenters. The largest absolute Gasteiger partial charge is 0.348 e. The lowest BCUT2D eigenvalue weighted by Gasteiger charge is -2.34. The molecule has 1 amide bonds. The van der Waals surface area contributed by atoms with Crippen LogP contribution in [0.5, 0.6) is 0 Å². The van der Waals surface area contributed by atoms with Crippen LogP contribution in [0.3, 0.4) is 0 Å². The van der Waals surface area contributed by atoms with Gasteiger partial charge in [-0.15, -0.1) is 0 Å². The van der Waals surface area contributed by atoms with E-state index in [1.165, 1.54) is 29.8 Å². The number of hydrogen-bond donors (Lipinski definition) is 1. The van der Waals surface area contributed by atoms with E-state index in [-0.39, 0.29) is 10.8 Å². The first-order valence-electron chi connectivity index (χ1n) is 9.96. The first-order valence-corrected chi connectivity index (χ1v) is 11.8. The van der Waals surface area contributed by atoms with Crippen molar-refractivity contribution in [3.63, 3.8) is 0 Å². The zero-order valence-electron chi connectivity index (χ0n) is 17.1. The summed E-state index contributed by atoms with van der Waals surface area (Å²) in [6.07, 6.45) is 1.15. The summed E-state index contributed by atoms with van der Waals surface area (Å²) >= 11 is 0. The van der Waals surface area contributed by atoms with E-state index in [1.807, 2.05) is 12.1 Å². The van der Waals surface area contributed by atoms with Gasteiger partial charge in [0.15, 0.2) is 9.84 Å². The number of amides is 1. The third kappa shape index (κ3) is 6.13. The molecule has 0 aliphatic carbocycles. The monoisotopic (exact) mass is 415 g/mol. The average Bonchev–Trinajstić information content (AvgIpc) is 2.73. The van der Waals surface area contributed by atoms with Crippen LogP contribution in [0.2, 0.25) is 0 Å². The Morgan fingerprint density at radius 3 is 2.00 bits per heavy atom. The van der Waals surface area contributed by atoms with Crippen LogP contribution in [0.1, 0.15) is 28.4 Å². The standard InChI is InChI=1S/C22H29N3O3S/c1-3-24-12-14-25(15-13-24)17-19-6-4-18(5-7-19)16-23-22(26)20-8-10-21(11-9-20)29(2,27)28/h4-11H,3,12-17H2,1-2H3,(H,23,26). The highest BCUT2D eigenvalue weighted by Gasteiger charge is 2.15. The topological polar surface area (TPSA) is 69.7 Å². The van der Waals surface area contributed by atoms with Crippen molar-refractivity contribution in [3.8, 4) is 0 Å². The molecular weight excluding hydrogens is 386 g/mol. The lowest BCUT2D eigenvalue weighted by Crippen LogP contribution is -2.45. The summed E-state index contributed by atoms with van der Waals surface area (Å²) < 4.78 is 23.0. The van der Waals surface area contributed by atoms with Crippen molar-refractivity contribution in [1.29, 1.82) is 0 Å². The van der Waals surface area contributed by atoms with Gasteiger partial charge in [0.1, 0.15) is 0 Å². The number of sulfone groups is 1. The summed E-state index contributed by atoms with van der Waals surface area (Å²) in [5, 5.41) is 2.88. The molecule has 2 aromatic carbocycles. The fraction of sp³-hybridized carbons (Fsp3) is 0.409. The van der Waals surface area contributed by atoms with Crippen LogP contribution in [-0.4, -0.2) is 63.1 Å². The minimum absolute atomic E-state index is 0.209. The van der Waals surface area contributed by atoms with E-state index in [1.54, 1.807) is 0 Å².